The lowest BCUT2D eigenvalue weighted by atomic mass is 9.92. The van der Waals surface area contributed by atoms with Gasteiger partial charge in [0.1, 0.15) is 6.26 Å². The van der Waals surface area contributed by atoms with Crippen molar-refractivity contribution < 1.29 is 30.5 Å². The molecule has 0 N–H and O–H groups in total. The molecule has 0 amide bonds. The van der Waals surface area contributed by atoms with Crippen molar-refractivity contribution in [1.29, 1.82) is 0 Å². The predicted octanol–water partition coefficient (Wildman–Crippen LogP) is 2.80. The molecule has 12 heteroatoms. The number of piperidine rings is 1. The average Bonchev–Trinajstić information content (AvgIpc) is 3.24. The van der Waals surface area contributed by atoms with Crippen LogP contribution in [0.2, 0.25) is 0 Å². The SMILES string of the molecule is Cn1nc(C(F)(F)F)cc1S(=O)(=O)C(C)(F)C1CCN(c2ccon2)CC1. The lowest BCUT2D eigenvalue weighted by Gasteiger charge is -2.37. The third kappa shape index (κ3) is 3.42. The van der Waals surface area contributed by atoms with E-state index in [1.165, 1.54) is 6.26 Å². The number of aryl methyl sites for hydroxylation is 1. The summed E-state index contributed by atoms with van der Waals surface area (Å²) in [5, 5.41) is 3.42. The molecule has 1 unspecified atom stereocenters. The van der Waals surface area contributed by atoms with Crippen LogP contribution in [0.4, 0.5) is 23.4 Å². The quantitative estimate of drug-likeness (QED) is 0.721. The number of aromatic nitrogens is 3. The summed E-state index contributed by atoms with van der Waals surface area (Å²) in [6, 6.07) is 2.01. The fraction of sp³-hybridized carbons (Fsp3) is 0.600. The largest absolute Gasteiger partial charge is 0.435 e. The van der Waals surface area contributed by atoms with Crippen LogP contribution in [-0.4, -0.2) is 41.4 Å². The molecule has 0 aliphatic carbocycles. The molecule has 0 aromatic carbocycles. The first-order valence-electron chi connectivity index (χ1n) is 8.14. The summed E-state index contributed by atoms with van der Waals surface area (Å²) in [6.07, 6.45) is -3.03. The first-order chi connectivity index (χ1) is 12.4. The van der Waals surface area contributed by atoms with Crippen LogP contribution in [0.3, 0.4) is 0 Å². The highest BCUT2D eigenvalue weighted by Crippen LogP contribution is 2.41. The summed E-state index contributed by atoms with van der Waals surface area (Å²) in [5.74, 6) is -0.312. The Morgan fingerprint density at radius 2 is 1.85 bits per heavy atom. The Balaban J connectivity index is 1.83. The molecule has 1 aliphatic heterocycles. The zero-order valence-corrected chi connectivity index (χ0v) is 15.4. The molecule has 0 radical (unpaired) electrons. The smallest absolute Gasteiger partial charge is 0.363 e. The van der Waals surface area contributed by atoms with E-state index in [-0.39, 0.29) is 12.8 Å². The van der Waals surface area contributed by atoms with Crippen LogP contribution in [0.1, 0.15) is 25.5 Å². The topological polar surface area (TPSA) is 81.2 Å². The maximum absolute atomic E-state index is 15.4. The number of rotatable bonds is 4. The summed E-state index contributed by atoms with van der Waals surface area (Å²) in [4.78, 5) is 1.83. The molecular weight excluding hydrogens is 392 g/mol. The van der Waals surface area contributed by atoms with Crippen molar-refractivity contribution in [2.75, 3.05) is 18.0 Å². The van der Waals surface area contributed by atoms with Gasteiger partial charge in [0, 0.05) is 38.2 Å². The Morgan fingerprint density at radius 1 is 1.22 bits per heavy atom. The van der Waals surface area contributed by atoms with Gasteiger partial charge < -0.3 is 9.42 Å². The Bertz CT molecular complexity index is 898. The molecule has 1 aliphatic rings. The van der Waals surface area contributed by atoms with E-state index < -0.39 is 37.7 Å². The molecule has 0 saturated carbocycles. The highest BCUT2D eigenvalue weighted by molar-refractivity contribution is 7.92. The Morgan fingerprint density at radius 3 is 2.33 bits per heavy atom. The number of sulfone groups is 1. The van der Waals surface area contributed by atoms with Gasteiger partial charge in [-0.25, -0.2) is 12.8 Å². The maximum Gasteiger partial charge on any atom is 0.435 e. The molecule has 3 rings (SSSR count). The molecule has 7 nitrogen and oxygen atoms in total. The molecule has 150 valence electrons. The third-order valence-corrected chi connectivity index (χ3v) is 7.22. The normalized spacial score (nSPS) is 19.3. The van der Waals surface area contributed by atoms with E-state index in [1.54, 1.807) is 6.07 Å². The van der Waals surface area contributed by atoms with Crippen molar-refractivity contribution in [1.82, 2.24) is 14.9 Å². The number of anilines is 1. The van der Waals surface area contributed by atoms with Crippen LogP contribution in [0.5, 0.6) is 0 Å². The molecule has 0 bridgehead atoms. The Labute approximate surface area is 152 Å². The summed E-state index contributed by atoms with van der Waals surface area (Å²) >= 11 is 0. The molecule has 2 aromatic heterocycles. The lowest BCUT2D eigenvalue weighted by Crippen LogP contribution is -2.46. The van der Waals surface area contributed by atoms with E-state index in [4.69, 9.17) is 4.52 Å². The van der Waals surface area contributed by atoms with Crippen molar-refractivity contribution in [3.8, 4) is 0 Å². The fourth-order valence-electron chi connectivity index (χ4n) is 3.26. The second-order valence-electron chi connectivity index (χ2n) is 6.60. The van der Waals surface area contributed by atoms with Gasteiger partial charge in [0.15, 0.2) is 16.5 Å². The minimum Gasteiger partial charge on any atom is -0.363 e. The lowest BCUT2D eigenvalue weighted by molar-refractivity contribution is -0.141. The number of alkyl halides is 4. The number of hydrogen-bond acceptors (Lipinski definition) is 6. The van der Waals surface area contributed by atoms with E-state index in [0.717, 1.165) is 14.0 Å². The van der Waals surface area contributed by atoms with Crippen LogP contribution in [0.15, 0.2) is 27.9 Å². The van der Waals surface area contributed by atoms with Gasteiger partial charge in [0.2, 0.25) is 14.8 Å². The van der Waals surface area contributed by atoms with Crippen LogP contribution < -0.4 is 4.90 Å². The molecule has 1 saturated heterocycles. The summed E-state index contributed by atoms with van der Waals surface area (Å²) in [6.45, 7) is 1.61. The molecule has 1 atom stereocenters. The van der Waals surface area contributed by atoms with Gasteiger partial charge in [-0.15, -0.1) is 0 Å². The van der Waals surface area contributed by atoms with Gasteiger partial charge in [-0.3, -0.25) is 4.68 Å². The molecule has 2 aromatic rings. The van der Waals surface area contributed by atoms with E-state index in [9.17, 15) is 21.6 Å². The minimum atomic E-state index is -4.82. The molecular formula is C15H18F4N4O3S. The fourth-order valence-corrected chi connectivity index (χ4v) is 5.00. The molecule has 1 fully saturated rings. The van der Waals surface area contributed by atoms with E-state index in [2.05, 4.69) is 10.3 Å². The van der Waals surface area contributed by atoms with E-state index in [1.807, 2.05) is 4.90 Å². The van der Waals surface area contributed by atoms with Crippen molar-refractivity contribution in [3.05, 3.63) is 24.1 Å². The van der Waals surface area contributed by atoms with Crippen LogP contribution in [0.25, 0.3) is 0 Å². The van der Waals surface area contributed by atoms with Gasteiger partial charge in [0.25, 0.3) is 0 Å². The van der Waals surface area contributed by atoms with Crippen molar-refractivity contribution in [2.24, 2.45) is 13.0 Å². The van der Waals surface area contributed by atoms with Crippen LogP contribution >= 0.6 is 0 Å². The first kappa shape index (κ1) is 19.6. The number of halogens is 4. The van der Waals surface area contributed by atoms with Gasteiger partial charge in [-0.2, -0.15) is 18.3 Å². The van der Waals surface area contributed by atoms with Gasteiger partial charge in [-0.05, 0) is 19.8 Å². The van der Waals surface area contributed by atoms with Gasteiger partial charge in [-0.1, -0.05) is 5.16 Å². The highest BCUT2D eigenvalue weighted by atomic mass is 32.2. The van der Waals surface area contributed by atoms with E-state index in [0.29, 0.717) is 29.7 Å². The first-order valence-corrected chi connectivity index (χ1v) is 9.63. The summed E-state index contributed by atoms with van der Waals surface area (Å²) in [5.41, 5.74) is -1.37. The van der Waals surface area contributed by atoms with Crippen LogP contribution in [0, 0.1) is 5.92 Å². The molecule has 27 heavy (non-hydrogen) atoms. The van der Waals surface area contributed by atoms with Crippen molar-refractivity contribution in [3.63, 3.8) is 0 Å². The van der Waals surface area contributed by atoms with Gasteiger partial charge >= 0.3 is 6.18 Å². The molecule has 3 heterocycles. The Hall–Kier alpha value is -2.11. The van der Waals surface area contributed by atoms with Gasteiger partial charge in [0.05, 0.1) is 0 Å². The number of hydrogen-bond donors (Lipinski definition) is 0. The second kappa shape index (κ2) is 6.50. The predicted molar refractivity (Wildman–Crippen MR) is 86.3 cm³/mol. The molecule has 0 spiro atoms. The maximum atomic E-state index is 15.4. The minimum absolute atomic E-state index is 0.197. The summed E-state index contributed by atoms with van der Waals surface area (Å²) < 4.78 is 84.7. The third-order valence-electron chi connectivity index (χ3n) is 4.90. The monoisotopic (exact) mass is 410 g/mol. The zero-order chi connectivity index (χ0) is 20.0. The second-order valence-corrected chi connectivity index (χ2v) is 8.82. The van der Waals surface area contributed by atoms with Crippen molar-refractivity contribution >= 4 is 15.7 Å². The zero-order valence-electron chi connectivity index (χ0n) is 14.6. The Kier molecular flexibility index (Phi) is 4.73. The standard InChI is InChI=1S/C15H18F4N4O3S/c1-14(16,10-3-6-23(7-4-10)12-5-8-26-21-12)27(24,25)13-9-11(15(17,18)19)20-22(13)2/h5,8-10H,3-4,6-7H2,1-2H3. The highest BCUT2D eigenvalue weighted by Gasteiger charge is 2.50. The van der Waals surface area contributed by atoms with E-state index >= 15 is 4.39 Å². The number of nitrogens with zero attached hydrogens (tertiary/aromatic N) is 4. The summed E-state index contributed by atoms with van der Waals surface area (Å²) in [7, 11) is -3.65. The van der Waals surface area contributed by atoms with Crippen LogP contribution in [-0.2, 0) is 23.1 Å². The average molecular weight is 410 g/mol. The van der Waals surface area contributed by atoms with Crippen molar-refractivity contribution in [2.45, 2.75) is 36.0 Å².